The Morgan fingerprint density at radius 1 is 1.13 bits per heavy atom. The predicted octanol–water partition coefficient (Wildman–Crippen LogP) is 5.33. The molecule has 39 heavy (non-hydrogen) atoms. The Balaban J connectivity index is 1.68. The molecule has 0 saturated carbocycles. The minimum atomic E-state index is -3.66. The zero-order valence-electron chi connectivity index (χ0n) is 23.3. The van der Waals surface area contributed by atoms with Gasteiger partial charge in [-0.05, 0) is 66.7 Å². The molecule has 0 radical (unpaired) electrons. The van der Waals surface area contributed by atoms with E-state index in [1.165, 1.54) is 37.5 Å². The van der Waals surface area contributed by atoms with Crippen LogP contribution in [0.4, 0.5) is 10.1 Å². The molecule has 0 spiro atoms. The number of hydrogen-bond acceptors (Lipinski definition) is 5. The van der Waals surface area contributed by atoms with Gasteiger partial charge in [-0.25, -0.2) is 12.8 Å². The second-order valence-electron chi connectivity index (χ2n) is 10.9. The maximum Gasteiger partial charge on any atom is 0.244 e. The summed E-state index contributed by atoms with van der Waals surface area (Å²) in [7, 11) is -3.66. The molecule has 9 heteroatoms. The number of likely N-dealkylation sites (tertiary alicyclic amines) is 1. The van der Waals surface area contributed by atoms with Crippen LogP contribution >= 0.6 is 0 Å². The summed E-state index contributed by atoms with van der Waals surface area (Å²) < 4.78 is 46.0. The van der Waals surface area contributed by atoms with Gasteiger partial charge in [-0.2, -0.15) is 0 Å². The van der Waals surface area contributed by atoms with Crippen LogP contribution in [0.2, 0.25) is 0 Å². The Kier molecular flexibility index (Phi) is 10.3. The average molecular weight is 558 g/mol. The molecule has 0 aromatic heterocycles. The Labute approximate surface area is 232 Å². The van der Waals surface area contributed by atoms with E-state index in [1.807, 2.05) is 18.2 Å². The van der Waals surface area contributed by atoms with Gasteiger partial charge in [0.2, 0.25) is 15.9 Å². The van der Waals surface area contributed by atoms with Gasteiger partial charge < -0.3 is 10.1 Å². The molecule has 1 fully saturated rings. The molecule has 0 unspecified atom stereocenters. The lowest BCUT2D eigenvalue weighted by molar-refractivity contribution is -0.116. The second-order valence-corrected chi connectivity index (χ2v) is 12.7. The van der Waals surface area contributed by atoms with Gasteiger partial charge in [-0.1, -0.05) is 52.0 Å². The summed E-state index contributed by atoms with van der Waals surface area (Å²) in [6.45, 7) is 13.8. The quantitative estimate of drug-likeness (QED) is 0.365. The number of piperidine rings is 1. The van der Waals surface area contributed by atoms with Crippen LogP contribution < -0.4 is 14.8 Å². The lowest BCUT2D eigenvalue weighted by Crippen LogP contribution is -2.33. The fourth-order valence-corrected chi connectivity index (χ4v) is 4.97. The van der Waals surface area contributed by atoms with Gasteiger partial charge in [-0.15, -0.1) is 0 Å². The molecule has 1 amide bonds. The number of hydrogen-bond donors (Lipinski definition) is 2. The van der Waals surface area contributed by atoms with Gasteiger partial charge >= 0.3 is 0 Å². The number of benzene rings is 2. The number of amides is 1. The monoisotopic (exact) mass is 557 g/mol. The van der Waals surface area contributed by atoms with Crippen LogP contribution in [0.15, 0.2) is 43.0 Å². The minimum absolute atomic E-state index is 0.0451. The summed E-state index contributed by atoms with van der Waals surface area (Å²) >= 11 is 0. The Bertz CT molecular complexity index is 1310. The van der Waals surface area contributed by atoms with Crippen LogP contribution in [0.25, 0.3) is 12.2 Å². The van der Waals surface area contributed by atoms with Crippen molar-refractivity contribution in [3.63, 3.8) is 0 Å². The van der Waals surface area contributed by atoms with Crippen molar-refractivity contribution in [3.8, 4) is 5.75 Å². The van der Waals surface area contributed by atoms with Crippen molar-refractivity contribution in [2.45, 2.75) is 52.0 Å². The van der Waals surface area contributed by atoms with Crippen molar-refractivity contribution in [1.29, 1.82) is 0 Å². The van der Waals surface area contributed by atoms with Crippen molar-refractivity contribution in [1.82, 2.24) is 10.2 Å². The molecule has 212 valence electrons. The summed E-state index contributed by atoms with van der Waals surface area (Å²) in [6.07, 6.45) is 9.19. The average Bonchev–Trinajstić information content (AvgIpc) is 2.87. The first-order valence-electron chi connectivity index (χ1n) is 13.2. The highest BCUT2D eigenvalue weighted by molar-refractivity contribution is 7.92. The largest absolute Gasteiger partial charge is 0.492 e. The molecule has 3 rings (SSSR count). The first-order chi connectivity index (χ1) is 18.4. The van der Waals surface area contributed by atoms with E-state index in [4.69, 9.17) is 4.74 Å². The summed E-state index contributed by atoms with van der Waals surface area (Å²) in [6, 6.07) is 8.80. The molecule has 0 aliphatic carbocycles. The number of nitrogens with one attached hydrogen (secondary N) is 2. The minimum Gasteiger partial charge on any atom is -0.492 e. The smallest absolute Gasteiger partial charge is 0.244 e. The standard InChI is InChI=1S/C30H40FN3O4S/c1-6-23-18-22(19-26(31)29(23)33-39(5,36)37)21-32-28(35)13-11-24-10-12-25(30(2,3)4)20-27(24)38-17-16-34-14-8-7-9-15-34/h6,10-13,18-20,33H,1,7-9,14-17,21H2,2-5H3,(H,32,35). The van der Waals surface area contributed by atoms with Gasteiger partial charge in [0, 0.05) is 30.3 Å². The number of carbonyl (C=O) groups is 1. The third-order valence-electron chi connectivity index (χ3n) is 6.56. The maximum atomic E-state index is 14.6. The molecule has 1 saturated heterocycles. The molecule has 7 nitrogen and oxygen atoms in total. The van der Waals surface area contributed by atoms with E-state index in [1.54, 1.807) is 12.1 Å². The van der Waals surface area contributed by atoms with E-state index in [0.29, 0.717) is 12.2 Å². The van der Waals surface area contributed by atoms with Crippen molar-refractivity contribution in [2.75, 3.05) is 37.2 Å². The third kappa shape index (κ3) is 9.51. The summed E-state index contributed by atoms with van der Waals surface area (Å²) in [5, 5.41) is 2.74. The van der Waals surface area contributed by atoms with E-state index in [0.717, 1.165) is 42.8 Å². The van der Waals surface area contributed by atoms with Crippen LogP contribution in [0.1, 0.15) is 62.3 Å². The number of sulfonamides is 1. The van der Waals surface area contributed by atoms with Crippen LogP contribution in [0.5, 0.6) is 5.75 Å². The second kappa shape index (κ2) is 13.3. The molecule has 0 atom stereocenters. The van der Waals surface area contributed by atoms with E-state index in [-0.39, 0.29) is 29.1 Å². The first kappa shape index (κ1) is 30.4. The highest BCUT2D eigenvalue weighted by Crippen LogP contribution is 2.30. The predicted molar refractivity (Wildman–Crippen MR) is 157 cm³/mol. The molecular weight excluding hydrogens is 517 g/mol. The number of anilines is 1. The van der Waals surface area contributed by atoms with Crippen LogP contribution in [-0.4, -0.2) is 51.7 Å². The SMILES string of the molecule is C=Cc1cc(CNC(=O)C=Cc2ccc(C(C)(C)C)cc2OCCN2CCCCC2)cc(F)c1NS(C)(=O)=O. The van der Waals surface area contributed by atoms with Gasteiger partial charge in [0.25, 0.3) is 0 Å². The van der Waals surface area contributed by atoms with E-state index >= 15 is 0 Å². The summed E-state index contributed by atoms with van der Waals surface area (Å²) in [5.74, 6) is -0.369. The Morgan fingerprint density at radius 3 is 2.49 bits per heavy atom. The van der Waals surface area contributed by atoms with Crippen molar-refractivity contribution in [3.05, 3.63) is 71.1 Å². The van der Waals surface area contributed by atoms with Gasteiger partial charge in [-0.3, -0.25) is 14.4 Å². The number of halogens is 1. The highest BCUT2D eigenvalue weighted by atomic mass is 32.2. The zero-order valence-corrected chi connectivity index (χ0v) is 24.2. The molecule has 0 bridgehead atoms. The van der Waals surface area contributed by atoms with Crippen LogP contribution in [0.3, 0.4) is 0 Å². The van der Waals surface area contributed by atoms with Gasteiger partial charge in [0.05, 0.1) is 11.9 Å². The zero-order chi connectivity index (χ0) is 28.6. The highest BCUT2D eigenvalue weighted by Gasteiger charge is 2.17. The third-order valence-corrected chi connectivity index (χ3v) is 7.14. The van der Waals surface area contributed by atoms with Crippen molar-refractivity contribution < 1.29 is 22.3 Å². The van der Waals surface area contributed by atoms with Crippen LogP contribution in [0, 0.1) is 5.82 Å². The normalized spacial score (nSPS) is 14.8. The van der Waals surface area contributed by atoms with Gasteiger partial charge in [0.1, 0.15) is 18.2 Å². The van der Waals surface area contributed by atoms with E-state index < -0.39 is 15.8 Å². The van der Waals surface area contributed by atoms with Crippen molar-refractivity contribution >= 4 is 33.8 Å². The molecule has 2 aromatic rings. The topological polar surface area (TPSA) is 87.7 Å². The van der Waals surface area contributed by atoms with E-state index in [2.05, 4.69) is 42.3 Å². The lowest BCUT2D eigenvalue weighted by Gasteiger charge is -2.26. The Morgan fingerprint density at radius 2 is 1.85 bits per heavy atom. The molecule has 1 aliphatic rings. The van der Waals surface area contributed by atoms with Crippen molar-refractivity contribution in [2.24, 2.45) is 0 Å². The summed E-state index contributed by atoms with van der Waals surface area (Å²) in [4.78, 5) is 15.0. The molecule has 1 aliphatic heterocycles. The number of nitrogens with zero attached hydrogens (tertiary/aromatic N) is 1. The lowest BCUT2D eigenvalue weighted by atomic mass is 9.86. The van der Waals surface area contributed by atoms with Gasteiger partial charge in [0.15, 0.2) is 0 Å². The Hall–Kier alpha value is -3.17. The fraction of sp³-hybridized carbons (Fsp3) is 0.433. The first-order valence-corrected chi connectivity index (χ1v) is 15.1. The molecule has 2 aromatic carbocycles. The van der Waals surface area contributed by atoms with E-state index in [9.17, 15) is 17.6 Å². The molecular formula is C30H40FN3O4S. The number of ether oxygens (including phenoxy) is 1. The number of carbonyl (C=O) groups excluding carboxylic acids is 1. The summed E-state index contributed by atoms with van der Waals surface area (Å²) in [5.41, 5.74) is 2.48. The fourth-order valence-electron chi connectivity index (χ4n) is 4.39. The van der Waals surface area contributed by atoms with Crippen LogP contribution in [-0.2, 0) is 26.8 Å². The molecule has 2 N–H and O–H groups in total. The maximum absolute atomic E-state index is 14.6. The molecule has 1 heterocycles. The number of rotatable bonds is 11.